The molecule has 2 atom stereocenters. The van der Waals surface area contributed by atoms with E-state index in [9.17, 15) is 9.59 Å². The molecule has 0 aliphatic heterocycles. The molecule has 2 aliphatic rings. The molecule has 0 aromatic carbocycles. The van der Waals surface area contributed by atoms with Gasteiger partial charge < -0.3 is 5.32 Å². The number of hydrogen-bond acceptors (Lipinski definition) is 2. The highest BCUT2D eigenvalue weighted by Crippen LogP contribution is 2.54. The molecule has 0 aromatic heterocycles. The van der Waals surface area contributed by atoms with Crippen LogP contribution in [0.15, 0.2) is 0 Å². The largest absolute Gasteiger partial charge is 0.349 e. The molecule has 2 fully saturated rings. The molecule has 1 N–H and O–H groups in total. The van der Waals surface area contributed by atoms with Crippen molar-refractivity contribution in [2.24, 2.45) is 23.2 Å². The predicted molar refractivity (Wildman–Crippen MR) is 61.8 cm³/mol. The van der Waals surface area contributed by atoms with Gasteiger partial charge in [-0.3, -0.25) is 9.59 Å². The number of Topliss-reactive ketones (excluding diaryl/α,β-unsaturated/α-hetero) is 1. The Labute approximate surface area is 97.0 Å². The summed E-state index contributed by atoms with van der Waals surface area (Å²) in [5.41, 5.74) is -0.356. The van der Waals surface area contributed by atoms with Crippen LogP contribution in [0, 0.1) is 23.2 Å². The molecule has 0 aromatic rings. The van der Waals surface area contributed by atoms with Crippen molar-refractivity contribution in [2.75, 3.05) is 6.54 Å². The summed E-state index contributed by atoms with van der Waals surface area (Å²) in [4.78, 5) is 23.4. The molecule has 0 radical (unpaired) electrons. The van der Waals surface area contributed by atoms with E-state index in [0.29, 0.717) is 0 Å². The van der Waals surface area contributed by atoms with E-state index < -0.39 is 0 Å². The zero-order chi connectivity index (χ0) is 11.9. The monoisotopic (exact) mass is 223 g/mol. The number of carbonyl (C=O) groups is 2. The van der Waals surface area contributed by atoms with E-state index in [1.165, 1.54) is 6.42 Å². The molecule has 2 aliphatic carbocycles. The Morgan fingerprint density at radius 1 is 1.12 bits per heavy atom. The van der Waals surface area contributed by atoms with Crippen LogP contribution in [0.5, 0.6) is 0 Å². The first-order valence-corrected chi connectivity index (χ1v) is 6.19. The predicted octanol–water partition coefficient (Wildman–Crippen LogP) is 1.76. The highest BCUT2D eigenvalue weighted by Gasteiger charge is 2.47. The molecule has 3 nitrogen and oxygen atoms in total. The maximum absolute atomic E-state index is 11.8. The topological polar surface area (TPSA) is 46.2 Å². The molecule has 0 heterocycles. The average Bonchev–Trinajstić information content (AvgIpc) is 2.80. The second-order valence-corrected chi connectivity index (χ2v) is 6.32. The van der Waals surface area contributed by atoms with Gasteiger partial charge in [0.1, 0.15) is 0 Å². The van der Waals surface area contributed by atoms with Gasteiger partial charge in [0.25, 0.3) is 0 Å². The molecule has 2 unspecified atom stereocenters. The lowest BCUT2D eigenvalue weighted by atomic mass is 9.90. The summed E-state index contributed by atoms with van der Waals surface area (Å²) in [7, 11) is 0. The molecule has 0 bridgehead atoms. The lowest BCUT2D eigenvalue weighted by molar-refractivity contribution is -0.130. The van der Waals surface area contributed by atoms with Gasteiger partial charge in [-0.15, -0.1) is 0 Å². The fourth-order valence-corrected chi connectivity index (χ4v) is 2.51. The zero-order valence-electron chi connectivity index (χ0n) is 10.4. The highest BCUT2D eigenvalue weighted by molar-refractivity contribution is 5.90. The summed E-state index contributed by atoms with van der Waals surface area (Å²) in [5.74, 6) is 1.99. The number of amides is 1. The van der Waals surface area contributed by atoms with E-state index in [4.69, 9.17) is 0 Å². The van der Waals surface area contributed by atoms with Gasteiger partial charge in [0, 0.05) is 11.3 Å². The minimum Gasteiger partial charge on any atom is -0.349 e. The van der Waals surface area contributed by atoms with E-state index in [1.54, 1.807) is 0 Å². The average molecular weight is 223 g/mol. The molecule has 0 spiro atoms. The minimum absolute atomic E-state index is 0.0878. The second kappa shape index (κ2) is 3.86. The molecule has 0 saturated heterocycles. The zero-order valence-corrected chi connectivity index (χ0v) is 10.4. The smallest absolute Gasteiger partial charge is 0.223 e. The number of nitrogens with one attached hydrogen (secondary N) is 1. The van der Waals surface area contributed by atoms with E-state index in [2.05, 4.69) is 5.32 Å². The lowest BCUT2D eigenvalue weighted by Gasteiger charge is -2.18. The van der Waals surface area contributed by atoms with Gasteiger partial charge in [0.15, 0.2) is 5.78 Å². The molecular formula is C13H21NO2. The van der Waals surface area contributed by atoms with Gasteiger partial charge >= 0.3 is 0 Å². The van der Waals surface area contributed by atoms with E-state index in [-0.39, 0.29) is 29.6 Å². The summed E-state index contributed by atoms with van der Waals surface area (Å²) in [6, 6.07) is 0. The molecule has 2 rings (SSSR count). The third-order valence-corrected chi connectivity index (χ3v) is 3.87. The first-order valence-electron chi connectivity index (χ1n) is 6.19. The highest BCUT2D eigenvalue weighted by atomic mass is 16.2. The summed E-state index contributed by atoms with van der Waals surface area (Å²) >= 11 is 0. The lowest BCUT2D eigenvalue weighted by Crippen LogP contribution is -2.38. The van der Waals surface area contributed by atoms with Gasteiger partial charge in [-0.1, -0.05) is 20.8 Å². The summed E-state index contributed by atoms with van der Waals surface area (Å²) < 4.78 is 0. The molecule has 16 heavy (non-hydrogen) atoms. The Morgan fingerprint density at radius 2 is 1.69 bits per heavy atom. The Kier molecular flexibility index (Phi) is 2.81. The van der Waals surface area contributed by atoms with E-state index in [1.807, 2.05) is 20.8 Å². The van der Waals surface area contributed by atoms with Crippen LogP contribution in [0.25, 0.3) is 0 Å². The molecular weight excluding hydrogens is 202 g/mol. The van der Waals surface area contributed by atoms with Crippen molar-refractivity contribution in [1.29, 1.82) is 0 Å². The van der Waals surface area contributed by atoms with Crippen molar-refractivity contribution >= 4 is 11.7 Å². The molecule has 1 amide bonds. The van der Waals surface area contributed by atoms with Crippen LogP contribution in [-0.2, 0) is 9.59 Å². The van der Waals surface area contributed by atoms with Crippen molar-refractivity contribution in [2.45, 2.75) is 40.0 Å². The molecule has 90 valence electrons. The van der Waals surface area contributed by atoms with E-state index >= 15 is 0 Å². The normalized spacial score (nSPS) is 32.1. The van der Waals surface area contributed by atoms with Crippen molar-refractivity contribution in [3.63, 3.8) is 0 Å². The quantitative estimate of drug-likeness (QED) is 0.792. The van der Waals surface area contributed by atoms with Crippen molar-refractivity contribution < 1.29 is 9.59 Å². The Morgan fingerprint density at radius 3 is 2.19 bits per heavy atom. The van der Waals surface area contributed by atoms with Gasteiger partial charge in [0.05, 0.1) is 6.54 Å². The van der Waals surface area contributed by atoms with Gasteiger partial charge in [-0.2, -0.15) is 0 Å². The maximum Gasteiger partial charge on any atom is 0.223 e. The van der Waals surface area contributed by atoms with Crippen LogP contribution >= 0.6 is 0 Å². The first kappa shape index (κ1) is 11.6. The number of carbonyl (C=O) groups excluding carboxylic acids is 2. The Balaban J connectivity index is 1.74. The summed E-state index contributed by atoms with van der Waals surface area (Å²) in [6.45, 7) is 5.83. The summed E-state index contributed by atoms with van der Waals surface area (Å²) in [5, 5.41) is 2.78. The van der Waals surface area contributed by atoms with Crippen LogP contribution in [0.1, 0.15) is 40.0 Å². The van der Waals surface area contributed by atoms with Crippen molar-refractivity contribution in [1.82, 2.24) is 5.32 Å². The SMILES string of the molecule is CC(C)(C)C(=O)CNC(=O)C1CC2CC2C1. The van der Waals surface area contributed by atoms with E-state index in [0.717, 1.165) is 24.7 Å². The standard InChI is InChI=1S/C13H21NO2/c1-13(2,3)11(15)7-14-12(16)10-5-8-4-9(8)6-10/h8-10H,4-7H2,1-3H3,(H,14,16). The van der Waals surface area contributed by atoms with Crippen LogP contribution in [0.2, 0.25) is 0 Å². The number of hydrogen-bond donors (Lipinski definition) is 1. The number of rotatable bonds is 3. The van der Waals surface area contributed by atoms with Crippen LogP contribution in [0.3, 0.4) is 0 Å². The van der Waals surface area contributed by atoms with Crippen molar-refractivity contribution in [3.05, 3.63) is 0 Å². The Hall–Kier alpha value is -0.860. The fourth-order valence-electron chi connectivity index (χ4n) is 2.51. The molecule has 3 heteroatoms. The van der Waals surface area contributed by atoms with Crippen LogP contribution < -0.4 is 5.32 Å². The molecule has 2 saturated carbocycles. The Bertz CT molecular complexity index is 306. The van der Waals surface area contributed by atoms with Crippen molar-refractivity contribution in [3.8, 4) is 0 Å². The van der Waals surface area contributed by atoms with Gasteiger partial charge in [-0.05, 0) is 31.1 Å². The van der Waals surface area contributed by atoms with Gasteiger partial charge in [-0.25, -0.2) is 0 Å². The number of ketones is 1. The second-order valence-electron chi connectivity index (χ2n) is 6.32. The maximum atomic E-state index is 11.8. The van der Waals surface area contributed by atoms with Crippen LogP contribution in [0.4, 0.5) is 0 Å². The van der Waals surface area contributed by atoms with Crippen LogP contribution in [-0.4, -0.2) is 18.2 Å². The summed E-state index contributed by atoms with van der Waals surface area (Å²) in [6.07, 6.45) is 3.41. The third kappa shape index (κ3) is 2.45. The van der Waals surface area contributed by atoms with Gasteiger partial charge in [0.2, 0.25) is 5.91 Å². The third-order valence-electron chi connectivity index (χ3n) is 3.87. The number of fused-ring (bicyclic) bond motifs is 1. The first-order chi connectivity index (χ1) is 7.38. The minimum atomic E-state index is -0.356. The fraction of sp³-hybridized carbons (Fsp3) is 0.846.